The highest BCUT2D eigenvalue weighted by Gasteiger charge is 2.30. The van der Waals surface area contributed by atoms with Gasteiger partial charge in [-0.3, -0.25) is 0 Å². The summed E-state index contributed by atoms with van der Waals surface area (Å²) in [5.74, 6) is 1.77. The van der Waals surface area contributed by atoms with Crippen LogP contribution in [0.25, 0.3) is 0 Å². The van der Waals surface area contributed by atoms with E-state index in [1.165, 1.54) is 12.1 Å². The molecule has 0 saturated heterocycles. The zero-order chi connectivity index (χ0) is 18.6. The zero-order valence-electron chi connectivity index (χ0n) is 13.4. The van der Waals surface area contributed by atoms with E-state index < -0.39 is 17.8 Å². The summed E-state index contributed by atoms with van der Waals surface area (Å²) >= 11 is 0. The second kappa shape index (κ2) is 7.42. The molecular formula is C17H15F3N2O4. The van der Waals surface area contributed by atoms with Crippen molar-refractivity contribution in [3.05, 3.63) is 48.0 Å². The summed E-state index contributed by atoms with van der Waals surface area (Å²) in [6.45, 7) is 0.505. The molecule has 9 heteroatoms. The highest BCUT2D eigenvalue weighted by atomic mass is 19.4. The Bertz CT molecular complexity index is 796. The summed E-state index contributed by atoms with van der Waals surface area (Å²) in [7, 11) is 0. The van der Waals surface area contributed by atoms with Crippen LogP contribution < -0.4 is 24.8 Å². The molecule has 2 N–H and O–H groups in total. The number of anilines is 1. The molecule has 0 saturated carbocycles. The lowest BCUT2D eigenvalue weighted by Crippen LogP contribution is -2.32. The van der Waals surface area contributed by atoms with E-state index in [1.807, 2.05) is 0 Å². The van der Waals surface area contributed by atoms with Crippen LogP contribution in [0.2, 0.25) is 0 Å². The van der Waals surface area contributed by atoms with Crippen molar-refractivity contribution in [3.8, 4) is 17.2 Å². The largest absolute Gasteiger partial charge is 0.492 e. The number of carbonyl (C=O) groups is 1. The number of rotatable bonds is 5. The minimum Gasteiger partial charge on any atom is -0.492 e. The van der Waals surface area contributed by atoms with Crippen molar-refractivity contribution in [2.45, 2.75) is 6.18 Å². The highest BCUT2D eigenvalue weighted by Crippen LogP contribution is 2.35. The fourth-order valence-corrected chi connectivity index (χ4v) is 2.25. The molecule has 0 unspecified atom stereocenters. The van der Waals surface area contributed by atoms with E-state index in [0.29, 0.717) is 17.2 Å². The summed E-state index contributed by atoms with van der Waals surface area (Å²) in [4.78, 5) is 11.7. The Morgan fingerprint density at radius 3 is 2.73 bits per heavy atom. The molecule has 1 aliphatic rings. The third-order valence-electron chi connectivity index (χ3n) is 3.45. The lowest BCUT2D eigenvalue weighted by Gasteiger charge is -2.11. The molecular weight excluding hydrogens is 353 g/mol. The molecule has 0 radical (unpaired) electrons. The average Bonchev–Trinajstić information content (AvgIpc) is 3.06. The third-order valence-corrected chi connectivity index (χ3v) is 3.45. The van der Waals surface area contributed by atoms with E-state index in [2.05, 4.69) is 10.6 Å². The monoisotopic (exact) mass is 368 g/mol. The maximum Gasteiger partial charge on any atom is 0.416 e. The van der Waals surface area contributed by atoms with Gasteiger partial charge in [-0.05, 0) is 30.3 Å². The molecule has 2 aromatic carbocycles. The Balaban J connectivity index is 1.43. The van der Waals surface area contributed by atoms with Gasteiger partial charge in [-0.2, -0.15) is 13.2 Å². The van der Waals surface area contributed by atoms with Crippen LogP contribution in [0.4, 0.5) is 23.7 Å². The van der Waals surface area contributed by atoms with Crippen LogP contribution in [0.1, 0.15) is 5.56 Å². The predicted octanol–water partition coefficient (Wildman–Crippen LogP) is 3.63. The minimum absolute atomic E-state index is 0.0500. The van der Waals surface area contributed by atoms with E-state index in [4.69, 9.17) is 14.2 Å². The molecule has 0 bridgehead atoms. The molecule has 0 fully saturated rings. The van der Waals surface area contributed by atoms with E-state index in [0.717, 1.165) is 12.1 Å². The number of benzene rings is 2. The lowest BCUT2D eigenvalue weighted by molar-refractivity contribution is -0.137. The Kier molecular flexibility index (Phi) is 5.06. The van der Waals surface area contributed by atoms with Gasteiger partial charge in [0.1, 0.15) is 12.4 Å². The maximum absolute atomic E-state index is 12.6. The van der Waals surface area contributed by atoms with Crippen molar-refractivity contribution in [2.24, 2.45) is 0 Å². The quantitative estimate of drug-likeness (QED) is 0.791. The molecule has 6 nitrogen and oxygen atoms in total. The van der Waals surface area contributed by atoms with Crippen LogP contribution in [0.5, 0.6) is 17.2 Å². The third kappa shape index (κ3) is 4.50. The number of alkyl halides is 3. The molecule has 2 aromatic rings. The van der Waals surface area contributed by atoms with Gasteiger partial charge >= 0.3 is 12.2 Å². The maximum atomic E-state index is 12.6. The van der Waals surface area contributed by atoms with Gasteiger partial charge in [0.15, 0.2) is 11.5 Å². The number of urea groups is 1. The first-order valence-corrected chi connectivity index (χ1v) is 7.66. The zero-order valence-corrected chi connectivity index (χ0v) is 13.4. The normalized spacial score (nSPS) is 12.6. The lowest BCUT2D eigenvalue weighted by atomic mass is 10.2. The first-order valence-electron chi connectivity index (χ1n) is 7.66. The number of hydrogen-bond acceptors (Lipinski definition) is 4. The van der Waals surface area contributed by atoms with Crippen LogP contribution in [-0.4, -0.2) is 26.0 Å². The molecule has 0 aromatic heterocycles. The van der Waals surface area contributed by atoms with Gasteiger partial charge in [-0.25, -0.2) is 4.79 Å². The Morgan fingerprint density at radius 2 is 1.92 bits per heavy atom. The van der Waals surface area contributed by atoms with Crippen molar-refractivity contribution in [1.29, 1.82) is 0 Å². The molecule has 138 valence electrons. The molecule has 0 aliphatic carbocycles. The molecule has 2 amide bonds. The van der Waals surface area contributed by atoms with Crippen LogP contribution >= 0.6 is 0 Å². The number of nitrogens with one attached hydrogen (secondary N) is 2. The highest BCUT2D eigenvalue weighted by molar-refractivity contribution is 5.89. The summed E-state index contributed by atoms with van der Waals surface area (Å²) in [6.07, 6.45) is -4.47. The van der Waals surface area contributed by atoms with E-state index in [9.17, 15) is 18.0 Å². The SMILES string of the molecule is O=C(NCCOc1ccc2c(c1)OCO2)Nc1cccc(C(F)(F)F)c1. The van der Waals surface area contributed by atoms with Crippen molar-refractivity contribution in [2.75, 3.05) is 25.3 Å². The fourth-order valence-electron chi connectivity index (χ4n) is 2.25. The fraction of sp³-hybridized carbons (Fsp3) is 0.235. The van der Waals surface area contributed by atoms with Gasteiger partial charge in [-0.1, -0.05) is 6.07 Å². The summed E-state index contributed by atoms with van der Waals surface area (Å²) in [5.41, 5.74) is -0.782. The topological polar surface area (TPSA) is 68.8 Å². The van der Waals surface area contributed by atoms with Crippen LogP contribution in [0.3, 0.4) is 0 Å². The van der Waals surface area contributed by atoms with Gasteiger partial charge < -0.3 is 24.8 Å². The van der Waals surface area contributed by atoms with Crippen LogP contribution in [0, 0.1) is 0 Å². The van der Waals surface area contributed by atoms with Crippen molar-refractivity contribution in [3.63, 3.8) is 0 Å². The molecule has 1 heterocycles. The van der Waals surface area contributed by atoms with Gasteiger partial charge in [0.2, 0.25) is 6.79 Å². The van der Waals surface area contributed by atoms with Gasteiger partial charge in [0.05, 0.1) is 12.1 Å². The second-order valence-electron chi connectivity index (χ2n) is 5.32. The van der Waals surface area contributed by atoms with Crippen LogP contribution in [-0.2, 0) is 6.18 Å². The molecule has 3 rings (SSSR count). The Hall–Kier alpha value is -3.10. The molecule has 0 atom stereocenters. The number of fused-ring (bicyclic) bond motifs is 1. The van der Waals surface area contributed by atoms with Crippen molar-refractivity contribution in [1.82, 2.24) is 5.32 Å². The van der Waals surface area contributed by atoms with E-state index in [-0.39, 0.29) is 25.6 Å². The predicted molar refractivity (Wildman–Crippen MR) is 86.5 cm³/mol. The molecule has 26 heavy (non-hydrogen) atoms. The number of halogens is 3. The Morgan fingerprint density at radius 1 is 1.12 bits per heavy atom. The van der Waals surface area contributed by atoms with Gasteiger partial charge in [-0.15, -0.1) is 0 Å². The second-order valence-corrected chi connectivity index (χ2v) is 5.32. The van der Waals surface area contributed by atoms with Crippen molar-refractivity contribution < 1.29 is 32.2 Å². The first-order chi connectivity index (χ1) is 12.4. The van der Waals surface area contributed by atoms with Crippen molar-refractivity contribution >= 4 is 11.7 Å². The van der Waals surface area contributed by atoms with E-state index in [1.54, 1.807) is 18.2 Å². The summed E-state index contributed by atoms with van der Waals surface area (Å²) in [5, 5.41) is 4.84. The number of ether oxygens (including phenoxy) is 3. The molecule has 1 aliphatic heterocycles. The summed E-state index contributed by atoms with van der Waals surface area (Å²) in [6, 6.07) is 8.86. The number of hydrogen-bond donors (Lipinski definition) is 2. The van der Waals surface area contributed by atoms with Gasteiger partial charge in [0.25, 0.3) is 0 Å². The van der Waals surface area contributed by atoms with E-state index >= 15 is 0 Å². The van der Waals surface area contributed by atoms with Crippen LogP contribution in [0.15, 0.2) is 42.5 Å². The smallest absolute Gasteiger partial charge is 0.416 e. The molecule has 0 spiro atoms. The average molecular weight is 368 g/mol. The number of amides is 2. The number of carbonyl (C=O) groups excluding carboxylic acids is 1. The standard InChI is InChI=1S/C17H15F3N2O4/c18-17(19,20)11-2-1-3-12(8-11)22-16(23)21-6-7-24-13-4-5-14-15(9-13)26-10-25-14/h1-5,8-9H,6-7,10H2,(H2,21,22,23). The first kappa shape index (κ1) is 17.7. The van der Waals surface area contributed by atoms with Gasteiger partial charge in [0, 0.05) is 11.8 Å². The summed E-state index contributed by atoms with van der Waals surface area (Å²) < 4.78 is 53.8. The minimum atomic E-state index is -4.47. The Labute approximate surface area is 146 Å².